The van der Waals surface area contributed by atoms with Crippen LogP contribution in [0.15, 0.2) is 53.6 Å². The predicted molar refractivity (Wildman–Crippen MR) is 119 cm³/mol. The molecule has 4 aromatic rings. The molecule has 1 aliphatic rings. The molecule has 1 saturated carbocycles. The number of rotatable bonds is 5. The summed E-state index contributed by atoms with van der Waals surface area (Å²) in [5.41, 5.74) is 1.89. The fourth-order valence-corrected chi connectivity index (χ4v) is 4.99. The summed E-state index contributed by atoms with van der Waals surface area (Å²) in [6.07, 6.45) is 6.20. The van der Waals surface area contributed by atoms with E-state index < -0.39 is 0 Å². The van der Waals surface area contributed by atoms with Crippen LogP contribution in [0, 0.1) is 0 Å². The molecule has 0 radical (unpaired) electrons. The van der Waals surface area contributed by atoms with Crippen molar-refractivity contribution in [1.29, 1.82) is 0 Å². The van der Waals surface area contributed by atoms with E-state index in [2.05, 4.69) is 27.7 Å². The van der Waals surface area contributed by atoms with E-state index in [9.17, 15) is 0 Å². The van der Waals surface area contributed by atoms with Crippen LogP contribution in [-0.4, -0.2) is 30.2 Å². The van der Waals surface area contributed by atoms with Gasteiger partial charge >= 0.3 is 0 Å². The Kier molecular flexibility index (Phi) is 5.64. The zero-order valence-corrected chi connectivity index (χ0v) is 18.0. The molecule has 0 saturated heterocycles. The highest BCUT2D eigenvalue weighted by atomic mass is 35.5. The van der Waals surface area contributed by atoms with Gasteiger partial charge in [0, 0.05) is 16.3 Å². The first kappa shape index (κ1) is 19.5. The third-order valence-electron chi connectivity index (χ3n) is 5.50. The Morgan fingerprint density at radius 2 is 1.77 bits per heavy atom. The van der Waals surface area contributed by atoms with Crippen molar-refractivity contribution in [2.24, 2.45) is 0 Å². The summed E-state index contributed by atoms with van der Waals surface area (Å²) in [6, 6.07) is 15.7. The molecule has 2 aromatic carbocycles. The van der Waals surface area contributed by atoms with Gasteiger partial charge in [-0.25, -0.2) is 9.97 Å². The zero-order valence-electron chi connectivity index (χ0n) is 16.4. The van der Waals surface area contributed by atoms with Gasteiger partial charge in [0.2, 0.25) is 0 Å². The van der Waals surface area contributed by atoms with E-state index in [1.54, 1.807) is 16.4 Å². The quantitative estimate of drug-likeness (QED) is 0.299. The first-order valence-corrected chi connectivity index (χ1v) is 11.6. The Morgan fingerprint density at radius 1 is 0.967 bits per heavy atom. The molecule has 152 valence electrons. The molecule has 0 amide bonds. The van der Waals surface area contributed by atoms with Crippen molar-refractivity contribution < 1.29 is 0 Å². The van der Waals surface area contributed by atoms with E-state index in [0.29, 0.717) is 16.7 Å². The molecule has 6 nitrogen and oxygen atoms in total. The number of fused-ring (bicyclic) bond motifs is 1. The van der Waals surface area contributed by atoms with Crippen molar-refractivity contribution in [2.75, 3.05) is 0 Å². The van der Waals surface area contributed by atoms with Gasteiger partial charge in [-0.05, 0) is 53.6 Å². The number of tetrazole rings is 1. The minimum Gasteiger partial charge on any atom is -0.233 e. The van der Waals surface area contributed by atoms with Crippen molar-refractivity contribution in [3.05, 3.63) is 65.2 Å². The van der Waals surface area contributed by atoms with E-state index in [0.717, 1.165) is 33.3 Å². The molecule has 0 bridgehead atoms. The Hall–Kier alpha value is -2.51. The van der Waals surface area contributed by atoms with Crippen molar-refractivity contribution >= 4 is 34.3 Å². The van der Waals surface area contributed by atoms with Gasteiger partial charge in [-0.1, -0.05) is 60.8 Å². The lowest BCUT2D eigenvalue weighted by molar-refractivity contribution is 0.428. The number of thioether (sulfide) groups is 1. The molecule has 30 heavy (non-hydrogen) atoms. The average Bonchev–Trinajstić information content (AvgIpc) is 3.27. The molecule has 0 unspecified atom stereocenters. The SMILES string of the molecule is Clc1ccc(-n2nnnc2CSc2nc(C3CCCCC3)nc3ccccc23)cc1. The molecule has 0 spiro atoms. The summed E-state index contributed by atoms with van der Waals surface area (Å²) >= 11 is 7.67. The number of hydrogen-bond acceptors (Lipinski definition) is 6. The molecule has 2 heterocycles. The normalized spacial score (nSPS) is 15.0. The average molecular weight is 437 g/mol. The van der Waals surface area contributed by atoms with Crippen LogP contribution in [0.4, 0.5) is 0 Å². The summed E-state index contributed by atoms with van der Waals surface area (Å²) in [7, 11) is 0. The molecule has 2 aromatic heterocycles. The maximum absolute atomic E-state index is 6.01. The van der Waals surface area contributed by atoms with Crippen LogP contribution >= 0.6 is 23.4 Å². The first-order chi connectivity index (χ1) is 14.8. The molecule has 0 aliphatic heterocycles. The fraction of sp³-hybridized carbons (Fsp3) is 0.318. The standard InChI is InChI=1S/C22H21ClN6S/c23-16-10-12-17(13-11-16)29-20(26-27-28-29)14-30-22-18-8-4-5-9-19(18)24-21(25-22)15-6-2-1-3-7-15/h4-5,8-13,15H,1-3,6-7,14H2. The second-order valence-corrected chi connectivity index (χ2v) is 8.91. The minimum atomic E-state index is 0.460. The molecule has 1 aliphatic carbocycles. The van der Waals surface area contributed by atoms with Gasteiger partial charge in [-0.2, -0.15) is 4.68 Å². The number of benzene rings is 2. The highest BCUT2D eigenvalue weighted by molar-refractivity contribution is 7.98. The second-order valence-electron chi connectivity index (χ2n) is 7.51. The Morgan fingerprint density at radius 3 is 2.60 bits per heavy atom. The van der Waals surface area contributed by atoms with Crippen LogP contribution in [-0.2, 0) is 5.75 Å². The summed E-state index contributed by atoms with van der Waals surface area (Å²) in [4.78, 5) is 9.89. The topological polar surface area (TPSA) is 69.4 Å². The van der Waals surface area contributed by atoms with E-state index in [4.69, 9.17) is 21.6 Å². The fourth-order valence-electron chi connectivity index (χ4n) is 3.93. The van der Waals surface area contributed by atoms with Gasteiger partial charge in [0.05, 0.1) is 17.0 Å². The van der Waals surface area contributed by atoms with Crippen LogP contribution in [0.5, 0.6) is 0 Å². The van der Waals surface area contributed by atoms with Crippen molar-refractivity contribution in [3.8, 4) is 5.69 Å². The number of para-hydroxylation sites is 1. The number of hydrogen-bond donors (Lipinski definition) is 0. The largest absolute Gasteiger partial charge is 0.233 e. The molecule has 1 fully saturated rings. The molecule has 5 rings (SSSR count). The van der Waals surface area contributed by atoms with E-state index in [1.165, 1.54) is 32.1 Å². The summed E-state index contributed by atoms with van der Waals surface area (Å²) in [6.45, 7) is 0. The van der Waals surface area contributed by atoms with Gasteiger partial charge in [0.1, 0.15) is 10.9 Å². The highest BCUT2D eigenvalue weighted by Gasteiger charge is 2.20. The maximum Gasteiger partial charge on any atom is 0.166 e. The number of nitrogens with zero attached hydrogens (tertiary/aromatic N) is 6. The van der Waals surface area contributed by atoms with Crippen LogP contribution in [0.2, 0.25) is 5.02 Å². The van der Waals surface area contributed by atoms with Gasteiger partial charge in [-0.15, -0.1) is 5.10 Å². The third-order valence-corrected chi connectivity index (χ3v) is 6.74. The molecule has 8 heteroatoms. The third kappa shape index (κ3) is 4.04. The lowest BCUT2D eigenvalue weighted by Crippen LogP contribution is -2.09. The monoisotopic (exact) mass is 436 g/mol. The maximum atomic E-state index is 6.01. The molecule has 0 atom stereocenters. The van der Waals surface area contributed by atoms with Gasteiger partial charge < -0.3 is 0 Å². The predicted octanol–water partition coefficient (Wildman–Crippen LogP) is 5.60. The minimum absolute atomic E-state index is 0.460. The van der Waals surface area contributed by atoms with Crippen LogP contribution in [0.3, 0.4) is 0 Å². The molecular formula is C22H21ClN6S. The van der Waals surface area contributed by atoms with Crippen molar-refractivity contribution in [3.63, 3.8) is 0 Å². The highest BCUT2D eigenvalue weighted by Crippen LogP contribution is 2.34. The van der Waals surface area contributed by atoms with E-state index in [1.807, 2.05) is 36.4 Å². The van der Waals surface area contributed by atoms with Crippen molar-refractivity contribution in [1.82, 2.24) is 30.2 Å². The molecule has 0 N–H and O–H groups in total. The van der Waals surface area contributed by atoms with Gasteiger partial charge in [-0.3, -0.25) is 0 Å². The Labute approximate surface area is 184 Å². The summed E-state index contributed by atoms with van der Waals surface area (Å²) in [5, 5.41) is 15.0. The Bertz CT molecular complexity index is 1150. The molecular weight excluding hydrogens is 416 g/mol. The van der Waals surface area contributed by atoms with Crippen LogP contribution in [0.1, 0.15) is 49.7 Å². The summed E-state index contributed by atoms with van der Waals surface area (Å²) in [5.74, 6) is 2.82. The number of aromatic nitrogens is 6. The second kappa shape index (κ2) is 8.70. The van der Waals surface area contributed by atoms with E-state index in [-0.39, 0.29) is 0 Å². The lowest BCUT2D eigenvalue weighted by Gasteiger charge is -2.21. The van der Waals surface area contributed by atoms with Gasteiger partial charge in [0.15, 0.2) is 5.82 Å². The van der Waals surface area contributed by atoms with Crippen LogP contribution in [0.25, 0.3) is 16.6 Å². The van der Waals surface area contributed by atoms with Crippen LogP contribution < -0.4 is 0 Å². The van der Waals surface area contributed by atoms with E-state index >= 15 is 0 Å². The van der Waals surface area contributed by atoms with Gasteiger partial charge in [0.25, 0.3) is 0 Å². The zero-order chi connectivity index (χ0) is 20.3. The first-order valence-electron chi connectivity index (χ1n) is 10.2. The Balaban J connectivity index is 1.44. The van der Waals surface area contributed by atoms with Crippen molar-refractivity contribution in [2.45, 2.75) is 48.8 Å². The number of halogens is 1. The lowest BCUT2D eigenvalue weighted by atomic mass is 9.88. The smallest absolute Gasteiger partial charge is 0.166 e. The summed E-state index contributed by atoms with van der Waals surface area (Å²) < 4.78 is 1.74.